The number of nitrogens with one attached hydrogen (secondary N) is 2. The summed E-state index contributed by atoms with van der Waals surface area (Å²) in [6.45, 7) is 3.84. The lowest BCUT2D eigenvalue weighted by Gasteiger charge is -2.13. The molecule has 0 aliphatic rings. The van der Waals surface area contributed by atoms with Crippen molar-refractivity contribution in [2.75, 3.05) is 0 Å². The van der Waals surface area contributed by atoms with Gasteiger partial charge >= 0.3 is 6.18 Å². The van der Waals surface area contributed by atoms with Crippen LogP contribution < -0.4 is 4.72 Å². The highest BCUT2D eigenvalue weighted by Crippen LogP contribution is 2.34. The average Bonchev–Trinajstić information content (AvgIpc) is 2.96. The number of fused-ring (bicyclic) bond motifs is 1. The van der Waals surface area contributed by atoms with Crippen LogP contribution in [0, 0.1) is 6.92 Å². The van der Waals surface area contributed by atoms with E-state index in [1.165, 1.54) is 12.1 Å². The molecule has 0 aliphatic carbocycles. The summed E-state index contributed by atoms with van der Waals surface area (Å²) in [5, 5.41) is 0.748. The van der Waals surface area contributed by atoms with Crippen molar-refractivity contribution in [2.45, 2.75) is 31.3 Å². The Kier molecular flexibility index (Phi) is 4.97. The molecule has 148 valence electrons. The number of halogens is 3. The van der Waals surface area contributed by atoms with Crippen LogP contribution in [0.2, 0.25) is 0 Å². The number of aromatic amines is 1. The fraction of sp³-hybridized carbons (Fsp3) is 0.211. The number of carbonyl (C=O) groups excluding carboxylic acids is 1. The minimum atomic E-state index is -4.87. The minimum absolute atomic E-state index is 0.0327. The zero-order valence-electron chi connectivity index (χ0n) is 15.0. The van der Waals surface area contributed by atoms with Crippen LogP contribution in [0.25, 0.3) is 10.9 Å². The molecule has 1 amide bonds. The lowest BCUT2D eigenvalue weighted by molar-refractivity contribution is -0.139. The molecule has 2 aromatic carbocycles. The first kappa shape index (κ1) is 19.9. The van der Waals surface area contributed by atoms with Crippen LogP contribution in [0.4, 0.5) is 13.2 Å². The molecule has 3 rings (SSSR count). The van der Waals surface area contributed by atoms with Crippen molar-refractivity contribution in [1.29, 1.82) is 0 Å². The summed E-state index contributed by atoms with van der Waals surface area (Å²) in [6.07, 6.45) is -4.11. The second-order valence-corrected chi connectivity index (χ2v) is 7.92. The standard InChI is InChI=1S/C19H17F3N2O3S/c1-3-15-11(2)13-10-12(8-9-16(13)23-15)18(25)24-28(26,27)17-7-5-4-6-14(17)19(20,21)22/h4-10,23H,3H2,1-2H3,(H,24,25). The molecule has 2 N–H and O–H groups in total. The van der Waals surface area contributed by atoms with Gasteiger partial charge in [0.25, 0.3) is 15.9 Å². The van der Waals surface area contributed by atoms with Gasteiger partial charge in [0.15, 0.2) is 0 Å². The number of carbonyl (C=O) groups is 1. The van der Waals surface area contributed by atoms with Crippen LogP contribution >= 0.6 is 0 Å². The van der Waals surface area contributed by atoms with E-state index in [4.69, 9.17) is 0 Å². The fourth-order valence-corrected chi connectivity index (χ4v) is 4.25. The van der Waals surface area contributed by atoms with E-state index in [0.717, 1.165) is 46.8 Å². The van der Waals surface area contributed by atoms with Gasteiger partial charge in [0.05, 0.1) is 10.5 Å². The lowest BCUT2D eigenvalue weighted by atomic mass is 10.1. The number of sulfonamides is 1. The van der Waals surface area contributed by atoms with Crippen molar-refractivity contribution in [1.82, 2.24) is 9.71 Å². The normalized spacial score (nSPS) is 12.3. The van der Waals surface area contributed by atoms with E-state index in [0.29, 0.717) is 6.07 Å². The SMILES string of the molecule is CCc1[nH]c2ccc(C(=O)NS(=O)(=O)c3ccccc3C(F)(F)F)cc2c1C. The molecule has 1 heterocycles. The molecule has 0 fully saturated rings. The van der Waals surface area contributed by atoms with E-state index in [1.807, 2.05) is 13.8 Å². The van der Waals surface area contributed by atoms with E-state index in [-0.39, 0.29) is 5.56 Å². The number of alkyl halides is 3. The highest BCUT2D eigenvalue weighted by atomic mass is 32.2. The van der Waals surface area contributed by atoms with Crippen LogP contribution in [0.3, 0.4) is 0 Å². The molecule has 0 bridgehead atoms. The Bertz CT molecular complexity index is 1160. The highest BCUT2D eigenvalue weighted by Gasteiger charge is 2.37. The van der Waals surface area contributed by atoms with E-state index >= 15 is 0 Å². The van der Waals surface area contributed by atoms with Crippen molar-refractivity contribution in [2.24, 2.45) is 0 Å². The second kappa shape index (κ2) is 6.97. The van der Waals surface area contributed by atoms with Gasteiger partial charge in [-0.3, -0.25) is 4.79 Å². The molecule has 0 aliphatic heterocycles. The Morgan fingerprint density at radius 2 is 1.82 bits per heavy atom. The Morgan fingerprint density at radius 1 is 1.14 bits per heavy atom. The van der Waals surface area contributed by atoms with Gasteiger partial charge in [-0.05, 0) is 49.2 Å². The number of aryl methyl sites for hydroxylation is 2. The van der Waals surface area contributed by atoms with Crippen molar-refractivity contribution < 1.29 is 26.4 Å². The fourth-order valence-electron chi connectivity index (χ4n) is 3.05. The van der Waals surface area contributed by atoms with E-state index in [1.54, 1.807) is 10.8 Å². The van der Waals surface area contributed by atoms with Crippen molar-refractivity contribution in [3.05, 3.63) is 64.8 Å². The van der Waals surface area contributed by atoms with E-state index in [2.05, 4.69) is 4.98 Å². The Balaban J connectivity index is 1.97. The van der Waals surface area contributed by atoms with Gasteiger partial charge in [0.2, 0.25) is 0 Å². The maximum Gasteiger partial charge on any atom is 0.417 e. The lowest BCUT2D eigenvalue weighted by Crippen LogP contribution is -2.32. The molecule has 9 heteroatoms. The van der Waals surface area contributed by atoms with Gasteiger partial charge in [-0.2, -0.15) is 13.2 Å². The summed E-state index contributed by atoms with van der Waals surface area (Å²) in [4.78, 5) is 14.6. The molecular weight excluding hydrogens is 393 g/mol. The second-order valence-electron chi connectivity index (χ2n) is 6.27. The molecule has 0 unspecified atom stereocenters. The third-order valence-electron chi connectivity index (χ3n) is 4.49. The molecule has 5 nitrogen and oxygen atoms in total. The zero-order chi connectivity index (χ0) is 20.7. The molecule has 28 heavy (non-hydrogen) atoms. The molecule has 3 aromatic rings. The van der Waals surface area contributed by atoms with E-state index in [9.17, 15) is 26.4 Å². The average molecular weight is 410 g/mol. The highest BCUT2D eigenvalue weighted by molar-refractivity contribution is 7.90. The number of amides is 1. The monoisotopic (exact) mass is 410 g/mol. The predicted octanol–water partition coefficient (Wildman–Crippen LogP) is 4.18. The maximum absolute atomic E-state index is 13.1. The molecule has 0 saturated carbocycles. The van der Waals surface area contributed by atoms with Crippen LogP contribution in [0.1, 0.15) is 34.1 Å². The minimum Gasteiger partial charge on any atom is -0.358 e. The quantitative estimate of drug-likeness (QED) is 0.677. The largest absolute Gasteiger partial charge is 0.417 e. The maximum atomic E-state index is 13.1. The number of benzene rings is 2. The van der Waals surface area contributed by atoms with Gasteiger partial charge in [0, 0.05) is 22.2 Å². The summed E-state index contributed by atoms with van der Waals surface area (Å²) in [5.41, 5.74) is 1.40. The van der Waals surface area contributed by atoms with Gasteiger partial charge in [-0.15, -0.1) is 0 Å². The summed E-state index contributed by atoms with van der Waals surface area (Å²) >= 11 is 0. The molecule has 0 radical (unpaired) electrons. The Hall–Kier alpha value is -2.81. The van der Waals surface area contributed by atoms with Crippen molar-refractivity contribution >= 4 is 26.8 Å². The summed E-state index contributed by atoms with van der Waals surface area (Å²) < 4.78 is 65.9. The number of hydrogen-bond acceptors (Lipinski definition) is 3. The van der Waals surface area contributed by atoms with Gasteiger partial charge in [0.1, 0.15) is 0 Å². The molecule has 0 saturated heterocycles. The smallest absolute Gasteiger partial charge is 0.358 e. The van der Waals surface area contributed by atoms with E-state index < -0.39 is 32.6 Å². The Labute approximate surface area is 159 Å². The van der Waals surface area contributed by atoms with Gasteiger partial charge < -0.3 is 4.98 Å². The number of H-pyrrole nitrogens is 1. The van der Waals surface area contributed by atoms with Crippen LogP contribution in [0.15, 0.2) is 47.4 Å². The summed E-state index contributed by atoms with van der Waals surface area (Å²) in [5.74, 6) is -1.00. The van der Waals surface area contributed by atoms with Crippen LogP contribution in [-0.2, 0) is 22.6 Å². The number of aromatic nitrogens is 1. The first-order chi connectivity index (χ1) is 13.0. The molecule has 1 aromatic heterocycles. The molecule has 0 atom stereocenters. The predicted molar refractivity (Wildman–Crippen MR) is 98.5 cm³/mol. The number of rotatable bonds is 4. The number of hydrogen-bond donors (Lipinski definition) is 2. The van der Waals surface area contributed by atoms with Crippen molar-refractivity contribution in [3.8, 4) is 0 Å². The van der Waals surface area contributed by atoms with Crippen LogP contribution in [0.5, 0.6) is 0 Å². The third kappa shape index (κ3) is 3.62. The topological polar surface area (TPSA) is 79.0 Å². The van der Waals surface area contributed by atoms with Gasteiger partial charge in [-0.25, -0.2) is 13.1 Å². The van der Waals surface area contributed by atoms with Gasteiger partial charge in [-0.1, -0.05) is 19.1 Å². The zero-order valence-corrected chi connectivity index (χ0v) is 15.8. The summed E-state index contributed by atoms with van der Waals surface area (Å²) in [7, 11) is -4.71. The molecular formula is C19H17F3N2O3S. The summed E-state index contributed by atoms with van der Waals surface area (Å²) in [6, 6.07) is 8.27. The first-order valence-electron chi connectivity index (χ1n) is 8.39. The first-order valence-corrected chi connectivity index (χ1v) is 9.87. The Morgan fingerprint density at radius 3 is 2.46 bits per heavy atom. The van der Waals surface area contributed by atoms with Crippen LogP contribution in [-0.4, -0.2) is 19.3 Å². The third-order valence-corrected chi connectivity index (χ3v) is 5.88. The molecule has 0 spiro atoms. The van der Waals surface area contributed by atoms with Crippen molar-refractivity contribution in [3.63, 3.8) is 0 Å².